The van der Waals surface area contributed by atoms with Gasteiger partial charge in [0.2, 0.25) is 0 Å². The summed E-state index contributed by atoms with van der Waals surface area (Å²) in [5.41, 5.74) is 5.90. The van der Waals surface area contributed by atoms with Gasteiger partial charge in [0.05, 0.1) is 6.42 Å². The maximum Gasteiger partial charge on any atom is 0.315 e. The molecular formula is C11H21N3O3. The molecule has 0 bridgehead atoms. The molecule has 0 radical (unpaired) electrons. The van der Waals surface area contributed by atoms with Crippen molar-refractivity contribution in [3.05, 3.63) is 0 Å². The maximum absolute atomic E-state index is 11.6. The first-order valence-corrected chi connectivity index (χ1v) is 6.03. The molecule has 1 rings (SSSR count). The Balaban J connectivity index is 2.30. The molecule has 6 heteroatoms. The first kappa shape index (κ1) is 13.8. The summed E-state index contributed by atoms with van der Waals surface area (Å²) >= 11 is 0. The Morgan fingerprint density at radius 3 is 2.65 bits per heavy atom. The number of carbonyl (C=O) groups is 2. The normalized spacial score (nSPS) is 26.0. The minimum absolute atomic E-state index is 0.000720. The number of urea groups is 1. The number of hydrogen-bond acceptors (Lipinski definition) is 3. The first-order chi connectivity index (χ1) is 7.99. The third-order valence-electron chi connectivity index (χ3n) is 2.99. The lowest BCUT2D eigenvalue weighted by atomic mass is 9.91. The Labute approximate surface area is 101 Å². The fraction of sp³-hybridized carbons (Fsp3) is 0.818. The largest absolute Gasteiger partial charge is 0.481 e. The predicted octanol–water partition coefficient (Wildman–Crippen LogP) is 0.419. The van der Waals surface area contributed by atoms with Crippen LogP contribution in [0.15, 0.2) is 0 Å². The van der Waals surface area contributed by atoms with Gasteiger partial charge in [-0.15, -0.1) is 0 Å². The molecule has 5 N–H and O–H groups in total. The van der Waals surface area contributed by atoms with E-state index in [1.807, 2.05) is 0 Å². The van der Waals surface area contributed by atoms with Crippen LogP contribution in [0.3, 0.4) is 0 Å². The Morgan fingerprint density at radius 1 is 1.41 bits per heavy atom. The number of nitrogens with one attached hydrogen (secondary N) is 2. The van der Waals surface area contributed by atoms with Crippen molar-refractivity contribution in [3.63, 3.8) is 0 Å². The molecule has 17 heavy (non-hydrogen) atoms. The van der Waals surface area contributed by atoms with Gasteiger partial charge >= 0.3 is 12.0 Å². The lowest BCUT2D eigenvalue weighted by Crippen LogP contribution is -2.53. The third-order valence-corrected chi connectivity index (χ3v) is 2.99. The molecule has 0 aliphatic heterocycles. The van der Waals surface area contributed by atoms with Gasteiger partial charge in [-0.05, 0) is 19.8 Å². The highest BCUT2D eigenvalue weighted by molar-refractivity contribution is 5.76. The van der Waals surface area contributed by atoms with Crippen LogP contribution in [0.25, 0.3) is 0 Å². The number of carboxylic acid groups (broad SMARTS) is 1. The molecule has 0 spiro atoms. The minimum atomic E-state index is -0.924. The van der Waals surface area contributed by atoms with Gasteiger partial charge in [0.25, 0.3) is 0 Å². The Hall–Kier alpha value is -1.30. The minimum Gasteiger partial charge on any atom is -0.481 e. The van der Waals surface area contributed by atoms with Crippen LogP contribution in [0.2, 0.25) is 0 Å². The summed E-state index contributed by atoms with van der Waals surface area (Å²) < 4.78 is 0. The number of aliphatic carboxylic acids is 1. The maximum atomic E-state index is 11.6. The molecular weight excluding hydrogens is 222 g/mol. The highest BCUT2D eigenvalue weighted by atomic mass is 16.4. The van der Waals surface area contributed by atoms with E-state index in [1.54, 1.807) is 6.92 Å². The van der Waals surface area contributed by atoms with Gasteiger partial charge in [-0.25, -0.2) is 4.79 Å². The van der Waals surface area contributed by atoms with Crippen molar-refractivity contribution in [3.8, 4) is 0 Å². The average molecular weight is 243 g/mol. The Kier molecular flexibility index (Phi) is 5.21. The second kappa shape index (κ2) is 6.44. The van der Waals surface area contributed by atoms with E-state index in [2.05, 4.69) is 10.6 Å². The van der Waals surface area contributed by atoms with Crippen LogP contribution in [0, 0.1) is 0 Å². The van der Waals surface area contributed by atoms with Gasteiger partial charge in [-0.1, -0.05) is 12.8 Å². The number of amides is 2. The van der Waals surface area contributed by atoms with Crippen LogP contribution in [0.4, 0.5) is 4.79 Å². The lowest BCUT2D eigenvalue weighted by molar-refractivity contribution is -0.137. The highest BCUT2D eigenvalue weighted by Gasteiger charge is 2.23. The quantitative estimate of drug-likeness (QED) is 0.574. The van der Waals surface area contributed by atoms with Crippen LogP contribution in [-0.4, -0.2) is 35.2 Å². The first-order valence-electron chi connectivity index (χ1n) is 6.03. The van der Waals surface area contributed by atoms with E-state index < -0.39 is 5.97 Å². The van der Waals surface area contributed by atoms with E-state index in [4.69, 9.17) is 10.8 Å². The second-order valence-electron chi connectivity index (χ2n) is 4.67. The van der Waals surface area contributed by atoms with Crippen LogP contribution >= 0.6 is 0 Å². The van der Waals surface area contributed by atoms with Crippen LogP contribution in [-0.2, 0) is 4.79 Å². The number of carboxylic acids is 1. The van der Waals surface area contributed by atoms with E-state index in [1.165, 1.54) is 0 Å². The van der Waals surface area contributed by atoms with E-state index in [0.29, 0.717) is 0 Å². The molecule has 0 heterocycles. The zero-order valence-corrected chi connectivity index (χ0v) is 10.1. The van der Waals surface area contributed by atoms with Crippen molar-refractivity contribution < 1.29 is 14.7 Å². The van der Waals surface area contributed by atoms with Crippen LogP contribution in [0.1, 0.15) is 39.0 Å². The Morgan fingerprint density at radius 2 is 2.06 bits per heavy atom. The van der Waals surface area contributed by atoms with E-state index in [0.717, 1.165) is 25.7 Å². The predicted molar refractivity (Wildman–Crippen MR) is 63.6 cm³/mol. The number of nitrogens with two attached hydrogens (primary N) is 1. The van der Waals surface area contributed by atoms with Gasteiger partial charge < -0.3 is 21.5 Å². The van der Waals surface area contributed by atoms with Crippen LogP contribution in [0.5, 0.6) is 0 Å². The SMILES string of the molecule is CC(CC(=O)O)NC(=O)NC1CCCCC1N. The van der Waals surface area contributed by atoms with Crippen molar-refractivity contribution in [1.82, 2.24) is 10.6 Å². The molecule has 0 aromatic carbocycles. The van der Waals surface area contributed by atoms with Gasteiger partial charge in [-0.2, -0.15) is 0 Å². The highest BCUT2D eigenvalue weighted by Crippen LogP contribution is 2.16. The van der Waals surface area contributed by atoms with Crippen molar-refractivity contribution in [1.29, 1.82) is 0 Å². The summed E-state index contributed by atoms with van der Waals surface area (Å²) in [6, 6.07) is -0.710. The fourth-order valence-corrected chi connectivity index (χ4v) is 2.09. The summed E-state index contributed by atoms with van der Waals surface area (Å²) in [4.78, 5) is 22.0. The molecule has 0 aromatic heterocycles. The summed E-state index contributed by atoms with van der Waals surface area (Å²) in [6.07, 6.45) is 3.92. The fourth-order valence-electron chi connectivity index (χ4n) is 2.09. The molecule has 1 aliphatic rings. The standard InChI is InChI=1S/C11H21N3O3/c1-7(6-10(15)16)13-11(17)14-9-5-3-2-4-8(9)12/h7-9H,2-6,12H2,1H3,(H,15,16)(H2,13,14,17). The summed E-state index contributed by atoms with van der Waals surface area (Å²) in [5, 5.41) is 14.0. The van der Waals surface area contributed by atoms with Crippen LogP contribution < -0.4 is 16.4 Å². The van der Waals surface area contributed by atoms with Gasteiger partial charge in [0.15, 0.2) is 0 Å². The molecule has 6 nitrogen and oxygen atoms in total. The zero-order chi connectivity index (χ0) is 12.8. The molecule has 3 unspecified atom stereocenters. The molecule has 2 amide bonds. The molecule has 98 valence electrons. The molecule has 1 aliphatic carbocycles. The summed E-state index contributed by atoms with van der Waals surface area (Å²) in [5.74, 6) is -0.924. The lowest BCUT2D eigenvalue weighted by Gasteiger charge is -2.29. The van der Waals surface area contributed by atoms with Crippen molar-refractivity contribution in [2.75, 3.05) is 0 Å². The topological polar surface area (TPSA) is 104 Å². The molecule has 1 saturated carbocycles. The molecule has 0 aromatic rings. The zero-order valence-electron chi connectivity index (χ0n) is 10.1. The van der Waals surface area contributed by atoms with Crippen molar-refractivity contribution in [2.45, 2.75) is 57.2 Å². The monoisotopic (exact) mass is 243 g/mol. The van der Waals surface area contributed by atoms with E-state index in [9.17, 15) is 9.59 Å². The number of hydrogen-bond donors (Lipinski definition) is 4. The molecule has 1 fully saturated rings. The van der Waals surface area contributed by atoms with Gasteiger partial charge in [-0.3, -0.25) is 4.79 Å². The third kappa shape index (κ3) is 5.04. The molecule has 0 saturated heterocycles. The van der Waals surface area contributed by atoms with E-state index >= 15 is 0 Å². The average Bonchev–Trinajstić information content (AvgIpc) is 2.19. The number of carbonyl (C=O) groups excluding carboxylic acids is 1. The number of rotatable bonds is 4. The molecule has 3 atom stereocenters. The summed E-state index contributed by atoms with van der Waals surface area (Å²) in [7, 11) is 0. The second-order valence-corrected chi connectivity index (χ2v) is 4.67. The summed E-state index contributed by atoms with van der Waals surface area (Å²) in [6.45, 7) is 1.66. The van der Waals surface area contributed by atoms with Crippen molar-refractivity contribution >= 4 is 12.0 Å². The Bertz CT molecular complexity index is 283. The van der Waals surface area contributed by atoms with Crippen molar-refractivity contribution in [2.24, 2.45) is 5.73 Å². The van der Waals surface area contributed by atoms with Gasteiger partial charge in [0, 0.05) is 18.1 Å². The smallest absolute Gasteiger partial charge is 0.315 e. The van der Waals surface area contributed by atoms with Gasteiger partial charge in [0.1, 0.15) is 0 Å². The van der Waals surface area contributed by atoms with E-state index in [-0.39, 0.29) is 30.6 Å².